The quantitative estimate of drug-likeness (QED) is 0.734. The van der Waals surface area contributed by atoms with Crippen LogP contribution in [0.4, 0.5) is 0 Å². The van der Waals surface area contributed by atoms with Gasteiger partial charge < -0.3 is 19.1 Å². The monoisotopic (exact) mass is 247 g/mol. The van der Waals surface area contributed by atoms with Gasteiger partial charge in [-0.25, -0.2) is 4.79 Å². The van der Waals surface area contributed by atoms with Gasteiger partial charge in [0, 0.05) is 17.5 Å². The van der Waals surface area contributed by atoms with Crippen LogP contribution in [0.2, 0.25) is 0 Å². The molecular weight excluding hydrogens is 236 g/mol. The lowest BCUT2D eigenvalue weighted by Crippen LogP contribution is -2.28. The van der Waals surface area contributed by atoms with Crippen LogP contribution in [0.1, 0.15) is 12.5 Å². The average molecular weight is 247 g/mol. The Morgan fingerprint density at radius 1 is 1.39 bits per heavy atom. The van der Waals surface area contributed by atoms with Gasteiger partial charge in [0.05, 0.1) is 5.97 Å². The molecule has 0 N–H and O–H groups in total. The summed E-state index contributed by atoms with van der Waals surface area (Å²) in [6, 6.07) is 6.31. The first-order valence-electron chi connectivity index (χ1n) is 5.49. The molecule has 2 rings (SSSR count). The van der Waals surface area contributed by atoms with Gasteiger partial charge in [-0.15, -0.1) is 0 Å². The third kappa shape index (κ3) is 2.51. The van der Waals surface area contributed by atoms with Crippen LogP contribution in [-0.2, 0) is 11.2 Å². The lowest BCUT2D eigenvalue weighted by Gasteiger charge is -2.08. The number of rotatable bonds is 4. The van der Waals surface area contributed by atoms with Crippen LogP contribution >= 0.6 is 0 Å². The van der Waals surface area contributed by atoms with Crippen LogP contribution in [0.3, 0.4) is 0 Å². The van der Waals surface area contributed by atoms with Crippen LogP contribution in [0, 0.1) is 0 Å². The standard InChI is InChI=1S/C13H12O5/c1-2-8-5-13(16)18-11-6-9(3-4-10(8)11)17-7-12(14)15/h3-6H,2,7H2,1H3,(H,14,15)/p-1. The molecule has 5 heteroatoms. The van der Waals surface area contributed by atoms with Crippen molar-refractivity contribution in [2.45, 2.75) is 13.3 Å². The zero-order valence-electron chi connectivity index (χ0n) is 9.76. The van der Waals surface area contributed by atoms with E-state index in [1.807, 2.05) is 6.92 Å². The normalized spacial score (nSPS) is 10.5. The molecule has 2 aromatic rings. The second-order valence-electron chi connectivity index (χ2n) is 3.76. The molecule has 0 saturated heterocycles. The lowest BCUT2D eigenvalue weighted by atomic mass is 10.1. The van der Waals surface area contributed by atoms with E-state index in [9.17, 15) is 14.7 Å². The zero-order valence-corrected chi connectivity index (χ0v) is 9.76. The van der Waals surface area contributed by atoms with Crippen LogP contribution in [0.5, 0.6) is 5.75 Å². The molecule has 0 atom stereocenters. The molecular formula is C13H11O5-. The van der Waals surface area contributed by atoms with Gasteiger partial charge in [-0.3, -0.25) is 0 Å². The Labute approximate surface area is 103 Å². The molecule has 0 bridgehead atoms. The fourth-order valence-electron chi connectivity index (χ4n) is 1.73. The van der Waals surface area contributed by atoms with Gasteiger partial charge in [0.15, 0.2) is 0 Å². The summed E-state index contributed by atoms with van der Waals surface area (Å²) in [5.41, 5.74) is 0.833. The molecule has 1 aromatic carbocycles. The predicted molar refractivity (Wildman–Crippen MR) is 62.4 cm³/mol. The highest BCUT2D eigenvalue weighted by Gasteiger charge is 2.05. The number of aliphatic carboxylic acids is 1. The fraction of sp³-hybridized carbons (Fsp3) is 0.231. The molecule has 0 aliphatic rings. The van der Waals surface area contributed by atoms with Crippen LogP contribution in [0.15, 0.2) is 33.5 Å². The van der Waals surface area contributed by atoms with E-state index < -0.39 is 18.2 Å². The molecule has 18 heavy (non-hydrogen) atoms. The van der Waals surface area contributed by atoms with E-state index >= 15 is 0 Å². The van der Waals surface area contributed by atoms with Gasteiger partial charge in [-0.05, 0) is 24.1 Å². The van der Waals surface area contributed by atoms with E-state index in [-0.39, 0.29) is 0 Å². The SMILES string of the molecule is CCc1cc(=O)oc2cc(OCC(=O)[O-])ccc12. The van der Waals surface area contributed by atoms with E-state index in [4.69, 9.17) is 9.15 Å². The highest BCUT2D eigenvalue weighted by molar-refractivity contribution is 5.81. The number of carboxylic acid groups (broad SMARTS) is 1. The van der Waals surface area contributed by atoms with Crippen molar-refractivity contribution in [1.29, 1.82) is 0 Å². The first-order valence-corrected chi connectivity index (χ1v) is 5.49. The summed E-state index contributed by atoms with van der Waals surface area (Å²) in [5.74, 6) is -0.984. The largest absolute Gasteiger partial charge is 0.546 e. The van der Waals surface area contributed by atoms with Crippen molar-refractivity contribution >= 4 is 16.9 Å². The Kier molecular flexibility index (Phi) is 3.32. The van der Waals surface area contributed by atoms with Crippen LogP contribution in [0.25, 0.3) is 11.0 Å². The number of benzene rings is 1. The summed E-state index contributed by atoms with van der Waals surface area (Å²) in [7, 11) is 0. The summed E-state index contributed by atoms with van der Waals surface area (Å²) in [5, 5.41) is 11.1. The van der Waals surface area contributed by atoms with E-state index in [1.54, 1.807) is 12.1 Å². The first kappa shape index (κ1) is 12.2. The lowest BCUT2D eigenvalue weighted by molar-refractivity contribution is -0.307. The van der Waals surface area contributed by atoms with E-state index in [1.165, 1.54) is 12.1 Å². The third-order valence-electron chi connectivity index (χ3n) is 2.54. The number of hydrogen-bond donors (Lipinski definition) is 0. The van der Waals surface area contributed by atoms with Crippen molar-refractivity contribution in [1.82, 2.24) is 0 Å². The van der Waals surface area contributed by atoms with Crippen LogP contribution < -0.4 is 15.5 Å². The summed E-state index contributed by atoms with van der Waals surface area (Å²) < 4.78 is 10.0. The van der Waals surface area contributed by atoms with Gasteiger partial charge >= 0.3 is 5.63 Å². The molecule has 5 nitrogen and oxygen atoms in total. The minimum Gasteiger partial charge on any atom is -0.546 e. The minimum atomic E-state index is -1.31. The predicted octanol–water partition coefficient (Wildman–Crippen LogP) is 0.484. The van der Waals surface area contributed by atoms with E-state index in [2.05, 4.69) is 0 Å². The molecule has 1 aromatic heterocycles. The topological polar surface area (TPSA) is 79.6 Å². The fourth-order valence-corrected chi connectivity index (χ4v) is 1.73. The van der Waals surface area contributed by atoms with Gasteiger partial charge in [-0.1, -0.05) is 6.92 Å². The first-order chi connectivity index (χ1) is 8.60. The smallest absolute Gasteiger partial charge is 0.336 e. The summed E-state index contributed by atoms with van der Waals surface area (Å²) in [6.45, 7) is 1.40. The molecule has 0 spiro atoms. The number of carboxylic acids is 1. The van der Waals surface area contributed by atoms with Gasteiger partial charge in [-0.2, -0.15) is 0 Å². The molecule has 0 fully saturated rings. The number of ether oxygens (including phenoxy) is 1. The van der Waals surface area contributed by atoms with Gasteiger partial charge in [0.1, 0.15) is 17.9 Å². The maximum Gasteiger partial charge on any atom is 0.336 e. The van der Waals surface area contributed by atoms with Crippen molar-refractivity contribution in [2.75, 3.05) is 6.61 Å². The molecule has 0 saturated carbocycles. The molecule has 1 heterocycles. The van der Waals surface area contributed by atoms with Crippen molar-refractivity contribution in [3.8, 4) is 5.75 Å². The van der Waals surface area contributed by atoms with Gasteiger partial charge in [0.2, 0.25) is 0 Å². The second kappa shape index (κ2) is 4.91. The Bertz CT molecular complexity index is 641. The third-order valence-corrected chi connectivity index (χ3v) is 2.54. The summed E-state index contributed by atoms with van der Waals surface area (Å²) in [6.07, 6.45) is 0.710. The molecule has 0 radical (unpaired) electrons. The molecule has 0 amide bonds. The Balaban J connectivity index is 2.45. The Morgan fingerprint density at radius 2 is 2.17 bits per heavy atom. The van der Waals surface area contributed by atoms with Gasteiger partial charge in [0.25, 0.3) is 0 Å². The number of carbonyl (C=O) groups is 1. The Morgan fingerprint density at radius 3 is 2.83 bits per heavy atom. The Hall–Kier alpha value is -2.30. The maximum atomic E-state index is 11.3. The summed E-state index contributed by atoms with van der Waals surface area (Å²) >= 11 is 0. The van der Waals surface area contributed by atoms with Crippen LogP contribution in [-0.4, -0.2) is 12.6 Å². The number of carbonyl (C=O) groups excluding carboxylic acids is 1. The highest BCUT2D eigenvalue weighted by Crippen LogP contribution is 2.22. The maximum absolute atomic E-state index is 11.3. The highest BCUT2D eigenvalue weighted by atomic mass is 16.5. The molecule has 0 aliphatic heterocycles. The number of aryl methyl sites for hydroxylation is 1. The number of hydrogen-bond acceptors (Lipinski definition) is 5. The average Bonchev–Trinajstić information content (AvgIpc) is 2.34. The minimum absolute atomic E-state index is 0.322. The van der Waals surface area contributed by atoms with Crippen molar-refractivity contribution < 1.29 is 19.1 Å². The van der Waals surface area contributed by atoms with Crippen molar-refractivity contribution in [2.24, 2.45) is 0 Å². The van der Waals surface area contributed by atoms with Crippen molar-refractivity contribution in [3.05, 3.63) is 40.2 Å². The van der Waals surface area contributed by atoms with Crippen molar-refractivity contribution in [3.63, 3.8) is 0 Å². The van der Waals surface area contributed by atoms with E-state index in [0.717, 1.165) is 10.9 Å². The van der Waals surface area contributed by atoms with E-state index in [0.29, 0.717) is 17.8 Å². The zero-order chi connectivity index (χ0) is 13.1. The summed E-state index contributed by atoms with van der Waals surface area (Å²) in [4.78, 5) is 21.6. The number of fused-ring (bicyclic) bond motifs is 1. The molecule has 0 aliphatic carbocycles. The molecule has 94 valence electrons. The second-order valence-corrected chi connectivity index (χ2v) is 3.76. The molecule has 0 unspecified atom stereocenters.